The number of anilines is 1. The van der Waals surface area contributed by atoms with Crippen LogP contribution < -0.4 is 5.32 Å². The molecule has 6 heteroatoms. The van der Waals surface area contributed by atoms with Crippen molar-refractivity contribution >= 4 is 17.8 Å². The highest BCUT2D eigenvalue weighted by Gasteiger charge is 2.24. The van der Waals surface area contributed by atoms with Crippen molar-refractivity contribution in [3.05, 3.63) is 35.5 Å². The molecule has 1 aliphatic rings. The van der Waals surface area contributed by atoms with E-state index in [0.717, 1.165) is 0 Å². The number of carboxylic acids is 1. The van der Waals surface area contributed by atoms with Gasteiger partial charge >= 0.3 is 11.9 Å². The third-order valence-corrected chi connectivity index (χ3v) is 3.23. The van der Waals surface area contributed by atoms with Crippen LogP contribution in [-0.2, 0) is 9.53 Å². The summed E-state index contributed by atoms with van der Waals surface area (Å²) in [6, 6.07) is 3.26. The topological polar surface area (TPSA) is 88.5 Å². The Bertz CT molecular complexity index is 568. The SMILES string of the molecule is COC(=O)c1ccc(NC2C=CC(C(=O)O)C2)nc1C. The molecule has 6 nitrogen and oxygen atoms in total. The molecule has 0 saturated carbocycles. The molecule has 2 atom stereocenters. The zero-order valence-electron chi connectivity index (χ0n) is 11.3. The average molecular weight is 276 g/mol. The normalized spacial score (nSPS) is 20.7. The molecule has 1 heterocycles. The molecule has 1 aromatic heterocycles. The molecule has 0 fully saturated rings. The number of hydrogen-bond donors (Lipinski definition) is 2. The van der Waals surface area contributed by atoms with E-state index in [2.05, 4.69) is 15.0 Å². The molecule has 0 radical (unpaired) electrons. The molecule has 2 N–H and O–H groups in total. The number of aliphatic carboxylic acids is 1. The van der Waals surface area contributed by atoms with Crippen molar-refractivity contribution in [1.29, 1.82) is 0 Å². The van der Waals surface area contributed by atoms with E-state index in [1.165, 1.54) is 7.11 Å². The maximum absolute atomic E-state index is 11.4. The number of carbonyl (C=O) groups excluding carboxylic acids is 1. The van der Waals surface area contributed by atoms with Gasteiger partial charge in [-0.1, -0.05) is 12.2 Å². The smallest absolute Gasteiger partial charge is 0.339 e. The summed E-state index contributed by atoms with van der Waals surface area (Å²) in [6.45, 7) is 1.72. The standard InChI is InChI=1S/C14H16N2O4/c1-8-11(14(19)20-2)5-6-12(15-8)16-10-4-3-9(7-10)13(17)18/h3-6,9-10H,7H2,1-2H3,(H,15,16)(H,17,18). The van der Waals surface area contributed by atoms with Crippen molar-refractivity contribution in [2.24, 2.45) is 5.92 Å². The van der Waals surface area contributed by atoms with Crippen LogP contribution in [0.25, 0.3) is 0 Å². The Balaban J connectivity index is 2.05. The van der Waals surface area contributed by atoms with Crippen LogP contribution in [0.2, 0.25) is 0 Å². The van der Waals surface area contributed by atoms with Gasteiger partial charge in [-0.3, -0.25) is 4.79 Å². The van der Waals surface area contributed by atoms with Gasteiger partial charge in [0.1, 0.15) is 5.82 Å². The van der Waals surface area contributed by atoms with E-state index in [1.54, 1.807) is 25.1 Å². The molecule has 20 heavy (non-hydrogen) atoms. The molecule has 1 aromatic rings. The second-order valence-electron chi connectivity index (χ2n) is 4.64. The number of esters is 1. The van der Waals surface area contributed by atoms with Crippen LogP contribution in [-0.4, -0.2) is 35.2 Å². The van der Waals surface area contributed by atoms with Gasteiger partial charge in [-0.15, -0.1) is 0 Å². The van der Waals surface area contributed by atoms with E-state index in [1.807, 2.05) is 6.08 Å². The Kier molecular flexibility index (Phi) is 4.02. The van der Waals surface area contributed by atoms with Gasteiger partial charge in [0.25, 0.3) is 0 Å². The Hall–Kier alpha value is -2.37. The third kappa shape index (κ3) is 2.96. The Morgan fingerprint density at radius 1 is 1.40 bits per heavy atom. The average Bonchev–Trinajstić information content (AvgIpc) is 2.87. The van der Waals surface area contributed by atoms with E-state index in [0.29, 0.717) is 23.5 Å². The van der Waals surface area contributed by atoms with Crippen molar-refractivity contribution in [3.63, 3.8) is 0 Å². The maximum atomic E-state index is 11.4. The number of nitrogens with one attached hydrogen (secondary N) is 1. The van der Waals surface area contributed by atoms with Crippen LogP contribution in [0.4, 0.5) is 5.82 Å². The molecular formula is C14H16N2O4. The Morgan fingerprint density at radius 3 is 2.70 bits per heavy atom. The van der Waals surface area contributed by atoms with Crippen molar-refractivity contribution < 1.29 is 19.4 Å². The fraction of sp³-hybridized carbons (Fsp3) is 0.357. The van der Waals surface area contributed by atoms with Gasteiger partial charge in [0.15, 0.2) is 0 Å². The zero-order chi connectivity index (χ0) is 14.7. The predicted octanol–water partition coefficient (Wildman–Crippen LogP) is 1.62. The quantitative estimate of drug-likeness (QED) is 0.641. The fourth-order valence-corrected chi connectivity index (χ4v) is 2.15. The first kappa shape index (κ1) is 14.0. The molecule has 2 rings (SSSR count). The van der Waals surface area contributed by atoms with Gasteiger partial charge < -0.3 is 15.2 Å². The number of nitrogens with zero attached hydrogens (tertiary/aromatic N) is 1. The summed E-state index contributed by atoms with van der Waals surface area (Å²) in [5.74, 6) is -1.09. The van der Waals surface area contributed by atoms with E-state index >= 15 is 0 Å². The van der Waals surface area contributed by atoms with Crippen LogP contribution in [0.5, 0.6) is 0 Å². The molecule has 0 aliphatic heterocycles. The summed E-state index contributed by atoms with van der Waals surface area (Å²) in [5, 5.41) is 12.1. The van der Waals surface area contributed by atoms with Crippen LogP contribution in [0.1, 0.15) is 22.5 Å². The zero-order valence-corrected chi connectivity index (χ0v) is 11.3. The molecular weight excluding hydrogens is 260 g/mol. The fourth-order valence-electron chi connectivity index (χ4n) is 2.15. The second kappa shape index (κ2) is 5.73. The van der Waals surface area contributed by atoms with Crippen LogP contribution in [0.15, 0.2) is 24.3 Å². The minimum Gasteiger partial charge on any atom is -0.481 e. The lowest BCUT2D eigenvalue weighted by molar-refractivity contribution is -0.140. The summed E-state index contributed by atoms with van der Waals surface area (Å²) in [5.41, 5.74) is 0.988. The minimum absolute atomic E-state index is 0.0630. The number of rotatable bonds is 4. The molecule has 0 amide bonds. The highest BCUT2D eigenvalue weighted by atomic mass is 16.5. The van der Waals surface area contributed by atoms with Crippen molar-refractivity contribution in [3.8, 4) is 0 Å². The molecule has 2 unspecified atom stereocenters. The van der Waals surface area contributed by atoms with E-state index in [4.69, 9.17) is 5.11 Å². The first-order chi connectivity index (χ1) is 9.51. The summed E-state index contributed by atoms with van der Waals surface area (Å²) in [6.07, 6.45) is 3.99. The largest absolute Gasteiger partial charge is 0.481 e. The second-order valence-corrected chi connectivity index (χ2v) is 4.64. The summed E-state index contributed by atoms with van der Waals surface area (Å²) >= 11 is 0. The van der Waals surface area contributed by atoms with Crippen LogP contribution in [0, 0.1) is 12.8 Å². The van der Waals surface area contributed by atoms with Gasteiger partial charge in [0.2, 0.25) is 0 Å². The molecule has 0 bridgehead atoms. The van der Waals surface area contributed by atoms with Gasteiger partial charge in [0, 0.05) is 6.04 Å². The van der Waals surface area contributed by atoms with Gasteiger partial charge in [0.05, 0.1) is 24.3 Å². The number of carboxylic acid groups (broad SMARTS) is 1. The Labute approximate surface area is 116 Å². The number of hydrogen-bond acceptors (Lipinski definition) is 5. The Morgan fingerprint density at radius 2 is 2.15 bits per heavy atom. The first-order valence-electron chi connectivity index (χ1n) is 6.25. The summed E-state index contributed by atoms with van der Waals surface area (Å²) in [4.78, 5) is 26.6. The minimum atomic E-state index is -0.823. The summed E-state index contributed by atoms with van der Waals surface area (Å²) in [7, 11) is 1.32. The van der Waals surface area contributed by atoms with Crippen LogP contribution in [0.3, 0.4) is 0 Å². The van der Waals surface area contributed by atoms with Gasteiger partial charge in [-0.05, 0) is 25.5 Å². The van der Waals surface area contributed by atoms with E-state index in [-0.39, 0.29) is 6.04 Å². The first-order valence-corrected chi connectivity index (χ1v) is 6.25. The van der Waals surface area contributed by atoms with Crippen molar-refractivity contribution in [1.82, 2.24) is 4.98 Å². The number of ether oxygens (including phenoxy) is 1. The number of aryl methyl sites for hydroxylation is 1. The molecule has 0 spiro atoms. The number of pyridine rings is 1. The van der Waals surface area contributed by atoms with Crippen molar-refractivity contribution in [2.75, 3.05) is 12.4 Å². The highest BCUT2D eigenvalue weighted by molar-refractivity contribution is 5.90. The molecule has 106 valence electrons. The van der Waals surface area contributed by atoms with Crippen LogP contribution >= 0.6 is 0 Å². The molecule has 0 saturated heterocycles. The van der Waals surface area contributed by atoms with E-state index < -0.39 is 17.9 Å². The van der Waals surface area contributed by atoms with Gasteiger partial charge in [-0.25, -0.2) is 9.78 Å². The molecule has 1 aliphatic carbocycles. The number of carbonyl (C=O) groups is 2. The predicted molar refractivity (Wildman–Crippen MR) is 72.6 cm³/mol. The van der Waals surface area contributed by atoms with Crippen molar-refractivity contribution in [2.45, 2.75) is 19.4 Å². The lowest BCUT2D eigenvalue weighted by atomic mass is 10.1. The lowest BCUT2D eigenvalue weighted by Gasteiger charge is -2.14. The van der Waals surface area contributed by atoms with E-state index in [9.17, 15) is 9.59 Å². The lowest BCUT2D eigenvalue weighted by Crippen LogP contribution is -2.19. The third-order valence-electron chi connectivity index (χ3n) is 3.23. The maximum Gasteiger partial charge on any atom is 0.339 e. The highest BCUT2D eigenvalue weighted by Crippen LogP contribution is 2.21. The number of aromatic nitrogens is 1. The number of methoxy groups -OCH3 is 1. The summed E-state index contributed by atoms with van der Waals surface area (Å²) < 4.78 is 4.66. The molecule has 0 aromatic carbocycles. The van der Waals surface area contributed by atoms with Gasteiger partial charge in [-0.2, -0.15) is 0 Å². The monoisotopic (exact) mass is 276 g/mol.